The number of nitrogens with zero attached hydrogens (tertiary/aromatic N) is 1. The number of nitrogens with one attached hydrogen (secondary N) is 1. The number of rotatable bonds is 0. The van der Waals surface area contributed by atoms with Crippen molar-refractivity contribution in [3.8, 4) is 0 Å². The molecule has 0 aromatic carbocycles. The molecule has 0 saturated heterocycles. The molecule has 2 rings (SSSR count). The van der Waals surface area contributed by atoms with E-state index in [1.165, 1.54) is 28.9 Å². The summed E-state index contributed by atoms with van der Waals surface area (Å²) < 4.78 is 0. The van der Waals surface area contributed by atoms with Crippen LogP contribution in [0, 0.1) is 13.8 Å². The largest absolute Gasteiger partial charge is 0.383 e. The highest BCUT2D eigenvalue weighted by molar-refractivity contribution is 5.58. The zero-order valence-corrected chi connectivity index (χ0v) is 7.65. The first kappa shape index (κ1) is 7.59. The molecule has 0 radical (unpaired) electrons. The molecule has 1 N–H and O–H groups in total. The molecule has 0 spiro atoms. The SMILES string of the molecule is Cc1cnc2c(c1C)NCCC2. The fourth-order valence-electron chi connectivity index (χ4n) is 1.64. The predicted octanol–water partition coefficient (Wildman–Crippen LogP) is 2.06. The number of fused-ring (bicyclic) bond motifs is 1. The van der Waals surface area contributed by atoms with Gasteiger partial charge in [0.25, 0.3) is 0 Å². The summed E-state index contributed by atoms with van der Waals surface area (Å²) >= 11 is 0. The molecule has 0 fully saturated rings. The molecule has 1 aromatic rings. The molecule has 0 amide bonds. The highest BCUT2D eigenvalue weighted by Crippen LogP contribution is 2.25. The van der Waals surface area contributed by atoms with Crippen LogP contribution in [0.2, 0.25) is 0 Å². The van der Waals surface area contributed by atoms with Gasteiger partial charge in [0.05, 0.1) is 11.4 Å². The van der Waals surface area contributed by atoms with Crippen molar-refractivity contribution in [2.24, 2.45) is 0 Å². The van der Waals surface area contributed by atoms with Crippen LogP contribution in [0.1, 0.15) is 23.2 Å². The van der Waals surface area contributed by atoms with Crippen LogP contribution in [0.5, 0.6) is 0 Å². The first-order valence-electron chi connectivity index (χ1n) is 4.48. The molecule has 0 unspecified atom stereocenters. The van der Waals surface area contributed by atoms with E-state index < -0.39 is 0 Å². The van der Waals surface area contributed by atoms with Gasteiger partial charge in [-0.1, -0.05) is 0 Å². The minimum atomic E-state index is 1.10. The fraction of sp³-hybridized carbons (Fsp3) is 0.500. The molecule has 0 saturated carbocycles. The molecule has 0 atom stereocenters. The number of aromatic nitrogens is 1. The third-order valence-corrected chi connectivity index (χ3v) is 2.56. The van der Waals surface area contributed by atoms with Crippen molar-refractivity contribution in [2.45, 2.75) is 26.7 Å². The smallest absolute Gasteiger partial charge is 0.0638 e. The number of hydrogen-bond acceptors (Lipinski definition) is 2. The zero-order chi connectivity index (χ0) is 8.55. The van der Waals surface area contributed by atoms with E-state index in [0.717, 1.165) is 13.0 Å². The summed E-state index contributed by atoms with van der Waals surface area (Å²) in [5.74, 6) is 0. The minimum absolute atomic E-state index is 1.10. The quantitative estimate of drug-likeness (QED) is 0.631. The van der Waals surface area contributed by atoms with E-state index in [9.17, 15) is 0 Å². The van der Waals surface area contributed by atoms with Gasteiger partial charge in [0.1, 0.15) is 0 Å². The average molecular weight is 162 g/mol. The molecule has 1 aliphatic heterocycles. The summed E-state index contributed by atoms with van der Waals surface area (Å²) in [6.07, 6.45) is 4.31. The summed E-state index contributed by atoms with van der Waals surface area (Å²) in [7, 11) is 0. The second-order valence-corrected chi connectivity index (χ2v) is 3.42. The Balaban J connectivity index is 2.54. The van der Waals surface area contributed by atoms with Crippen LogP contribution < -0.4 is 5.32 Å². The van der Waals surface area contributed by atoms with Crippen LogP contribution >= 0.6 is 0 Å². The van der Waals surface area contributed by atoms with Crippen molar-refractivity contribution in [1.82, 2.24) is 4.98 Å². The maximum atomic E-state index is 4.42. The van der Waals surface area contributed by atoms with Gasteiger partial charge in [-0.15, -0.1) is 0 Å². The molecule has 0 aliphatic carbocycles. The number of hydrogen-bond donors (Lipinski definition) is 1. The van der Waals surface area contributed by atoms with Gasteiger partial charge in [0, 0.05) is 12.7 Å². The zero-order valence-electron chi connectivity index (χ0n) is 7.65. The molecule has 2 heterocycles. The predicted molar refractivity (Wildman–Crippen MR) is 50.5 cm³/mol. The van der Waals surface area contributed by atoms with Crippen molar-refractivity contribution in [3.63, 3.8) is 0 Å². The van der Waals surface area contributed by atoms with E-state index in [4.69, 9.17) is 0 Å². The molecule has 2 nitrogen and oxygen atoms in total. The highest BCUT2D eigenvalue weighted by Gasteiger charge is 2.12. The van der Waals surface area contributed by atoms with Gasteiger partial charge < -0.3 is 5.32 Å². The van der Waals surface area contributed by atoms with Crippen molar-refractivity contribution in [1.29, 1.82) is 0 Å². The fourth-order valence-corrected chi connectivity index (χ4v) is 1.64. The molecule has 2 heteroatoms. The van der Waals surface area contributed by atoms with Crippen LogP contribution in [0.4, 0.5) is 5.69 Å². The Morgan fingerprint density at radius 1 is 1.42 bits per heavy atom. The summed E-state index contributed by atoms with van der Waals surface area (Å²) in [4.78, 5) is 4.42. The van der Waals surface area contributed by atoms with E-state index in [-0.39, 0.29) is 0 Å². The second-order valence-electron chi connectivity index (χ2n) is 3.42. The Labute approximate surface area is 73.0 Å². The molecule has 1 aliphatic rings. The van der Waals surface area contributed by atoms with Gasteiger partial charge >= 0.3 is 0 Å². The maximum absolute atomic E-state index is 4.42. The normalized spacial score (nSPS) is 15.2. The standard InChI is InChI=1S/C10H14N2/c1-7-6-12-9-4-3-5-11-10(9)8(7)2/h6,11H,3-5H2,1-2H3. The number of aryl methyl sites for hydroxylation is 2. The summed E-state index contributed by atoms with van der Waals surface area (Å²) in [6.45, 7) is 5.37. The molecular weight excluding hydrogens is 148 g/mol. The van der Waals surface area contributed by atoms with Crippen LogP contribution in [0.3, 0.4) is 0 Å². The van der Waals surface area contributed by atoms with Crippen molar-refractivity contribution < 1.29 is 0 Å². The van der Waals surface area contributed by atoms with E-state index in [0.29, 0.717) is 0 Å². The third-order valence-electron chi connectivity index (χ3n) is 2.56. The van der Waals surface area contributed by atoms with E-state index in [2.05, 4.69) is 24.1 Å². The van der Waals surface area contributed by atoms with E-state index in [1.54, 1.807) is 0 Å². The first-order valence-corrected chi connectivity index (χ1v) is 4.48. The van der Waals surface area contributed by atoms with Crippen LogP contribution in [0.25, 0.3) is 0 Å². The van der Waals surface area contributed by atoms with Crippen LogP contribution in [0.15, 0.2) is 6.20 Å². The molecule has 0 bridgehead atoms. The summed E-state index contributed by atoms with van der Waals surface area (Å²) in [5, 5.41) is 3.41. The van der Waals surface area contributed by atoms with Crippen LogP contribution in [-0.2, 0) is 6.42 Å². The molecule has 64 valence electrons. The van der Waals surface area contributed by atoms with E-state index >= 15 is 0 Å². The molecule has 12 heavy (non-hydrogen) atoms. The monoisotopic (exact) mass is 162 g/mol. The lowest BCUT2D eigenvalue weighted by Gasteiger charge is -2.19. The molecule has 1 aromatic heterocycles. The number of anilines is 1. The maximum Gasteiger partial charge on any atom is 0.0638 e. The lowest BCUT2D eigenvalue weighted by molar-refractivity contribution is 0.796. The summed E-state index contributed by atoms with van der Waals surface area (Å²) in [5.41, 5.74) is 5.16. The molecular formula is C10H14N2. The van der Waals surface area contributed by atoms with Gasteiger partial charge in [0.15, 0.2) is 0 Å². The number of pyridine rings is 1. The van der Waals surface area contributed by atoms with Crippen molar-refractivity contribution in [3.05, 3.63) is 23.0 Å². The summed E-state index contributed by atoms with van der Waals surface area (Å²) in [6, 6.07) is 0. The Kier molecular flexibility index (Phi) is 1.75. The van der Waals surface area contributed by atoms with Gasteiger partial charge in [-0.2, -0.15) is 0 Å². The van der Waals surface area contributed by atoms with Crippen molar-refractivity contribution in [2.75, 3.05) is 11.9 Å². The Bertz CT molecular complexity index is 305. The topological polar surface area (TPSA) is 24.9 Å². The average Bonchev–Trinajstić information content (AvgIpc) is 2.12. The van der Waals surface area contributed by atoms with Gasteiger partial charge in [-0.05, 0) is 37.8 Å². The van der Waals surface area contributed by atoms with Gasteiger partial charge in [0.2, 0.25) is 0 Å². The van der Waals surface area contributed by atoms with Crippen LogP contribution in [-0.4, -0.2) is 11.5 Å². The highest BCUT2D eigenvalue weighted by atomic mass is 14.9. The second kappa shape index (κ2) is 2.77. The van der Waals surface area contributed by atoms with Gasteiger partial charge in [-0.25, -0.2) is 0 Å². The van der Waals surface area contributed by atoms with Gasteiger partial charge in [-0.3, -0.25) is 4.98 Å². The minimum Gasteiger partial charge on any atom is -0.383 e. The Morgan fingerprint density at radius 3 is 3.08 bits per heavy atom. The van der Waals surface area contributed by atoms with E-state index in [1.807, 2.05) is 6.20 Å². The lowest BCUT2D eigenvalue weighted by Crippen LogP contribution is -2.14. The lowest BCUT2D eigenvalue weighted by atomic mass is 10.0. The van der Waals surface area contributed by atoms with Crippen molar-refractivity contribution >= 4 is 5.69 Å². The first-order chi connectivity index (χ1) is 5.79. The Hall–Kier alpha value is -1.05. The Morgan fingerprint density at radius 2 is 2.25 bits per heavy atom. The third kappa shape index (κ3) is 1.07.